The highest BCUT2D eigenvalue weighted by Crippen LogP contribution is 2.59. The van der Waals surface area contributed by atoms with Crippen LogP contribution in [0.4, 0.5) is 0 Å². The average molecular weight is 1090 g/mol. The van der Waals surface area contributed by atoms with Gasteiger partial charge in [0.25, 0.3) is 0 Å². The molecule has 16 rings (SSSR count). The normalized spacial score (nSPS) is 26.7. The second-order valence-corrected chi connectivity index (χ2v) is 26.1. The molecule has 10 unspecified atom stereocenters. The maximum Gasteiger partial charge on any atom is 0.0513 e. The molecule has 0 amide bonds. The molecule has 0 aliphatic heterocycles. The van der Waals surface area contributed by atoms with Crippen molar-refractivity contribution in [1.29, 1.82) is 0 Å². The first-order valence-electron chi connectivity index (χ1n) is 31.6. The molecule has 4 aliphatic rings. The molecule has 6 heteroatoms. The molecule has 0 bridgehead atoms. The number of hydrogen-bond donors (Lipinski definition) is 0. The lowest BCUT2D eigenvalue weighted by Crippen LogP contribution is -2.38. The largest absolute Gasteiger partial charge is 0.260 e. The molecule has 4 fully saturated rings. The van der Waals surface area contributed by atoms with Crippen LogP contribution in [0.1, 0.15) is 147 Å². The summed E-state index contributed by atoms with van der Waals surface area (Å²) in [6.45, 7) is 0. The van der Waals surface area contributed by atoms with Gasteiger partial charge in [-0.15, -0.1) is 0 Å². The van der Waals surface area contributed by atoms with E-state index in [1.165, 1.54) is 112 Å². The van der Waals surface area contributed by atoms with Crippen LogP contribution in [0, 0.1) is 35.5 Å². The molecule has 0 radical (unpaired) electrons. The smallest absolute Gasteiger partial charge is 0.0513 e. The second kappa shape index (κ2) is 22.1. The molecule has 84 heavy (non-hydrogen) atoms. The van der Waals surface area contributed by atoms with Gasteiger partial charge in [-0.2, -0.15) is 0 Å². The van der Waals surface area contributed by atoms with Crippen molar-refractivity contribution >= 4 is 64.6 Å². The predicted molar refractivity (Wildman–Crippen MR) is 343 cm³/mol. The molecule has 6 nitrogen and oxygen atoms in total. The molecule has 6 aromatic carbocycles. The van der Waals surface area contributed by atoms with Crippen LogP contribution >= 0.6 is 0 Å². The summed E-state index contributed by atoms with van der Waals surface area (Å²) in [7, 11) is 0. The minimum Gasteiger partial charge on any atom is -0.260 e. The third kappa shape index (κ3) is 9.60. The molecular weight excluding hydrogens is 1020 g/mol. The molecule has 0 N–H and O–H groups in total. The van der Waals surface area contributed by atoms with E-state index in [9.17, 15) is 0 Å². The number of fused-ring (bicyclic) bond motifs is 6. The Hall–Kier alpha value is -8.22. The van der Waals surface area contributed by atoms with Crippen molar-refractivity contribution in [3.63, 3.8) is 0 Å². The van der Waals surface area contributed by atoms with Gasteiger partial charge in [-0.25, -0.2) is 0 Å². The molecule has 414 valence electrons. The fourth-order valence-corrected chi connectivity index (χ4v) is 18.0. The summed E-state index contributed by atoms with van der Waals surface area (Å²) in [4.78, 5) is 32.2. The number of aromatic nitrogens is 6. The van der Waals surface area contributed by atoms with Crippen LogP contribution in [0.25, 0.3) is 64.6 Å². The Bertz CT molecular complexity index is 3900. The zero-order chi connectivity index (χ0) is 55.5. The van der Waals surface area contributed by atoms with E-state index >= 15 is 0 Å². The van der Waals surface area contributed by atoms with E-state index < -0.39 is 0 Å². The highest BCUT2D eigenvalue weighted by atomic mass is 14.7. The summed E-state index contributed by atoms with van der Waals surface area (Å²) < 4.78 is 0. The Morgan fingerprint density at radius 2 is 0.345 bits per heavy atom. The van der Waals surface area contributed by atoms with Gasteiger partial charge in [0.2, 0.25) is 0 Å². The molecule has 4 saturated carbocycles. The molecule has 6 heterocycles. The topological polar surface area (TPSA) is 77.3 Å². The van der Waals surface area contributed by atoms with Crippen molar-refractivity contribution in [2.45, 2.75) is 113 Å². The van der Waals surface area contributed by atoms with E-state index in [4.69, 9.17) is 29.9 Å². The van der Waals surface area contributed by atoms with E-state index in [-0.39, 0.29) is 0 Å². The predicted octanol–water partition coefficient (Wildman–Crippen LogP) is 19.4. The third-order valence-electron chi connectivity index (χ3n) is 21.6. The Balaban J connectivity index is 0.815. The van der Waals surface area contributed by atoms with E-state index in [1.54, 1.807) is 0 Å². The molecule has 6 aromatic heterocycles. The minimum absolute atomic E-state index is 0.315. The lowest BCUT2D eigenvalue weighted by Gasteiger charge is -2.49. The van der Waals surface area contributed by atoms with Gasteiger partial charge in [0.05, 0.1) is 34.2 Å². The number of rotatable bonds is 9. The van der Waals surface area contributed by atoms with Crippen molar-refractivity contribution in [3.8, 4) is 0 Å². The highest BCUT2D eigenvalue weighted by molar-refractivity contribution is 5.89. The van der Waals surface area contributed by atoms with Crippen LogP contribution in [-0.2, 0) is 0 Å². The Labute approximate surface area is 493 Å². The fourth-order valence-electron chi connectivity index (χ4n) is 18.0. The Kier molecular flexibility index (Phi) is 13.5. The molecule has 0 saturated heterocycles. The van der Waals surface area contributed by atoms with Crippen LogP contribution in [-0.4, -0.2) is 29.9 Å². The van der Waals surface area contributed by atoms with Crippen LogP contribution < -0.4 is 0 Å². The molecule has 4 aliphatic carbocycles. The molecule has 12 aromatic rings. The summed E-state index contributed by atoms with van der Waals surface area (Å²) >= 11 is 0. The zero-order valence-corrected chi connectivity index (χ0v) is 47.9. The van der Waals surface area contributed by atoms with E-state index in [2.05, 4.69) is 219 Å². The van der Waals surface area contributed by atoms with Gasteiger partial charge < -0.3 is 0 Å². The fraction of sp³-hybridized carbons (Fsp3) is 0.308. The monoisotopic (exact) mass is 1090 g/mol. The minimum atomic E-state index is 0.315. The second-order valence-electron chi connectivity index (χ2n) is 26.1. The summed E-state index contributed by atoms with van der Waals surface area (Å²) in [6, 6.07) is 67.3. The van der Waals surface area contributed by atoms with Gasteiger partial charge in [-0.3, -0.25) is 29.9 Å². The first-order chi connectivity index (χ1) is 41.6. The van der Waals surface area contributed by atoms with E-state index in [0.717, 1.165) is 64.2 Å². The maximum atomic E-state index is 5.44. The summed E-state index contributed by atoms with van der Waals surface area (Å²) in [5.74, 6) is 5.01. The van der Waals surface area contributed by atoms with Crippen LogP contribution in [0.3, 0.4) is 0 Å². The Morgan fingerprint density at radius 1 is 0.179 bits per heavy atom. The quantitative estimate of drug-likeness (QED) is 0.143. The number of benzene rings is 6. The van der Waals surface area contributed by atoms with Crippen molar-refractivity contribution < 1.29 is 0 Å². The van der Waals surface area contributed by atoms with Gasteiger partial charge in [-0.1, -0.05) is 146 Å². The Morgan fingerprint density at radius 3 is 0.548 bits per heavy atom. The van der Waals surface area contributed by atoms with Gasteiger partial charge in [0, 0.05) is 105 Å². The van der Waals surface area contributed by atoms with Gasteiger partial charge >= 0.3 is 0 Å². The van der Waals surface area contributed by atoms with Crippen LogP contribution in [0.2, 0.25) is 0 Å². The average Bonchev–Trinajstić information content (AvgIpc) is 2.22. The van der Waals surface area contributed by atoms with E-state index in [0.29, 0.717) is 71.0 Å². The maximum absolute atomic E-state index is 5.44. The molecule has 0 spiro atoms. The SMILES string of the molecule is c1ccc2c(C3CC(c4nccc5ccccc45)CC(C4CC(c5nccc6ccccc56)CC(C5CC(c6nccc7ccccc67)CC(C6CC(c7nccc8ccccc78)CC(c7nccc8ccccc78)C6)C5)C4)C3)nccc2c1. The highest BCUT2D eigenvalue weighted by Gasteiger charge is 2.47. The van der Waals surface area contributed by atoms with E-state index in [1.807, 2.05) is 0 Å². The standard InChI is InChI=1S/C78H72N6/c1-7-19-67-49(13-1)25-31-79-73(67)61-39-55(37-57(41-61)59-43-63(75-69-21-9-3-15-51(69)27-33-81-75)47-64(44-59)76-70-22-10-4-16-52(70)28-34-82-76)56-38-58(42-62(40-56)74-68-20-8-2-14-50(68)26-32-80-74)60-45-65(77-71-23-11-5-17-53(71)29-35-83-77)48-66(46-60)78-72-24-12-6-18-54(72)30-36-84-78/h1-36,55-66H,37-48H2. The van der Waals surface area contributed by atoms with Crippen LogP contribution in [0.15, 0.2) is 219 Å². The third-order valence-corrected chi connectivity index (χ3v) is 21.6. The van der Waals surface area contributed by atoms with Gasteiger partial charge in [0.15, 0.2) is 0 Å². The van der Waals surface area contributed by atoms with Crippen molar-refractivity contribution in [3.05, 3.63) is 253 Å². The lowest BCUT2D eigenvalue weighted by molar-refractivity contribution is 0.0524. The van der Waals surface area contributed by atoms with Gasteiger partial charge in [-0.05, 0) is 181 Å². The van der Waals surface area contributed by atoms with Crippen molar-refractivity contribution in [2.75, 3.05) is 0 Å². The van der Waals surface area contributed by atoms with Crippen molar-refractivity contribution in [2.24, 2.45) is 35.5 Å². The first-order valence-corrected chi connectivity index (χ1v) is 31.6. The molecular formula is C78H72N6. The first kappa shape index (κ1) is 51.4. The number of hydrogen-bond acceptors (Lipinski definition) is 6. The lowest BCUT2D eigenvalue weighted by atomic mass is 9.56. The van der Waals surface area contributed by atoms with Crippen LogP contribution in [0.5, 0.6) is 0 Å². The van der Waals surface area contributed by atoms with Gasteiger partial charge in [0.1, 0.15) is 0 Å². The number of pyridine rings is 6. The summed E-state index contributed by atoms with van der Waals surface area (Å²) in [6.07, 6.45) is 26.3. The molecule has 10 atom stereocenters. The van der Waals surface area contributed by atoms with Crippen molar-refractivity contribution in [1.82, 2.24) is 29.9 Å². The zero-order valence-electron chi connectivity index (χ0n) is 47.9. The summed E-state index contributed by atoms with van der Waals surface area (Å²) in [5, 5.41) is 15.6. The number of nitrogens with zero attached hydrogens (tertiary/aromatic N) is 6. The summed E-state index contributed by atoms with van der Waals surface area (Å²) in [5.41, 5.74) is 7.69.